The second-order valence-electron chi connectivity index (χ2n) is 9.42. The van der Waals surface area contributed by atoms with Gasteiger partial charge < -0.3 is 10.2 Å². The highest BCUT2D eigenvalue weighted by atomic mass is 16.3. The lowest BCUT2D eigenvalue weighted by Crippen LogP contribution is -2.57. The zero-order valence-corrected chi connectivity index (χ0v) is 15.3. The molecule has 2 N–H and O–H groups in total. The maximum Gasteiger partial charge on any atom is 0.161 e. The van der Waals surface area contributed by atoms with Crippen molar-refractivity contribution >= 4 is 11.6 Å². The molecule has 0 spiro atoms. The lowest BCUT2D eigenvalue weighted by atomic mass is 9.46. The second-order valence-corrected chi connectivity index (χ2v) is 9.42. The molecule has 4 aliphatic carbocycles. The number of carbonyl (C=O) groups is 2. The van der Waals surface area contributed by atoms with Crippen molar-refractivity contribution in [3.63, 3.8) is 0 Å². The van der Waals surface area contributed by atoms with Crippen molar-refractivity contribution in [3.8, 4) is 0 Å². The van der Waals surface area contributed by atoms with E-state index >= 15 is 0 Å². The number of fused-ring (bicyclic) bond motifs is 5. The summed E-state index contributed by atoms with van der Waals surface area (Å²) < 4.78 is 0. The first-order chi connectivity index (χ1) is 11.8. The largest absolute Gasteiger partial charge is 0.393 e. The SMILES string of the molecule is C[C@]12CC(O)[C@H]3[C@@H](CCC4=CC(=O)CC[C@@]43C)[C@@H]1CC[C@@H]2C(=O)CO. The van der Waals surface area contributed by atoms with Crippen LogP contribution in [0.2, 0.25) is 0 Å². The molecule has 0 heterocycles. The summed E-state index contributed by atoms with van der Waals surface area (Å²) in [6.45, 7) is 4.03. The van der Waals surface area contributed by atoms with Gasteiger partial charge in [0.1, 0.15) is 6.61 Å². The summed E-state index contributed by atoms with van der Waals surface area (Å²) >= 11 is 0. The summed E-state index contributed by atoms with van der Waals surface area (Å²) in [5.41, 5.74) is 0.979. The van der Waals surface area contributed by atoms with E-state index < -0.39 is 6.10 Å². The summed E-state index contributed by atoms with van der Waals surface area (Å²) in [6, 6.07) is 0. The highest BCUT2D eigenvalue weighted by Crippen LogP contribution is 2.66. The Labute approximate surface area is 149 Å². The maximum atomic E-state index is 12.3. The van der Waals surface area contributed by atoms with Gasteiger partial charge in [0.2, 0.25) is 0 Å². The monoisotopic (exact) mass is 346 g/mol. The van der Waals surface area contributed by atoms with E-state index in [1.807, 2.05) is 6.08 Å². The molecule has 0 saturated heterocycles. The van der Waals surface area contributed by atoms with Crippen LogP contribution < -0.4 is 0 Å². The van der Waals surface area contributed by atoms with Crippen LogP contribution in [0.25, 0.3) is 0 Å². The first kappa shape index (κ1) is 17.4. The number of carbonyl (C=O) groups excluding carboxylic acids is 2. The number of aliphatic hydroxyl groups is 2. The van der Waals surface area contributed by atoms with Crippen LogP contribution in [0.15, 0.2) is 11.6 Å². The Kier molecular flexibility index (Phi) is 4.01. The van der Waals surface area contributed by atoms with Gasteiger partial charge in [0.15, 0.2) is 11.6 Å². The first-order valence-corrected chi connectivity index (χ1v) is 9.87. The molecule has 0 bridgehead atoms. The molecule has 3 fully saturated rings. The van der Waals surface area contributed by atoms with E-state index in [-0.39, 0.29) is 40.8 Å². The summed E-state index contributed by atoms with van der Waals surface area (Å²) in [7, 11) is 0. The summed E-state index contributed by atoms with van der Waals surface area (Å²) in [5, 5.41) is 20.5. The molecule has 25 heavy (non-hydrogen) atoms. The zero-order valence-electron chi connectivity index (χ0n) is 15.3. The topological polar surface area (TPSA) is 74.6 Å². The molecule has 0 radical (unpaired) electrons. The van der Waals surface area contributed by atoms with Gasteiger partial charge in [0.05, 0.1) is 6.10 Å². The van der Waals surface area contributed by atoms with Crippen LogP contribution >= 0.6 is 0 Å². The Morgan fingerprint density at radius 3 is 2.72 bits per heavy atom. The fraction of sp³-hybridized carbons (Fsp3) is 0.810. The molecule has 4 heteroatoms. The Morgan fingerprint density at radius 1 is 1.24 bits per heavy atom. The number of hydrogen-bond acceptors (Lipinski definition) is 4. The minimum atomic E-state index is -0.430. The Hall–Kier alpha value is -1.00. The maximum absolute atomic E-state index is 12.3. The Balaban J connectivity index is 1.70. The van der Waals surface area contributed by atoms with Crippen molar-refractivity contribution in [2.24, 2.45) is 34.5 Å². The van der Waals surface area contributed by atoms with Gasteiger partial charge in [0, 0.05) is 12.3 Å². The summed E-state index contributed by atoms with van der Waals surface area (Å²) in [4.78, 5) is 24.2. The molecule has 3 saturated carbocycles. The molecule has 4 nitrogen and oxygen atoms in total. The summed E-state index contributed by atoms with van der Waals surface area (Å²) in [5.74, 6) is 1.12. The molecule has 4 rings (SSSR count). The van der Waals surface area contributed by atoms with Crippen molar-refractivity contribution in [2.75, 3.05) is 6.61 Å². The van der Waals surface area contributed by atoms with Crippen LogP contribution in [-0.4, -0.2) is 34.5 Å². The quantitative estimate of drug-likeness (QED) is 0.806. The molecule has 138 valence electrons. The van der Waals surface area contributed by atoms with E-state index in [1.54, 1.807) is 0 Å². The second kappa shape index (κ2) is 5.75. The van der Waals surface area contributed by atoms with Crippen LogP contribution in [0.5, 0.6) is 0 Å². The molecule has 0 aromatic heterocycles. The molecule has 0 amide bonds. The fourth-order valence-electron chi connectivity index (χ4n) is 7.33. The minimum absolute atomic E-state index is 0.0541. The van der Waals surface area contributed by atoms with Crippen molar-refractivity contribution in [1.29, 1.82) is 0 Å². The molecular formula is C21H30O4. The van der Waals surface area contributed by atoms with Crippen molar-refractivity contribution in [1.82, 2.24) is 0 Å². The molecule has 0 aromatic carbocycles. The van der Waals surface area contributed by atoms with E-state index in [1.165, 1.54) is 5.57 Å². The molecule has 7 atom stereocenters. The molecule has 0 aliphatic heterocycles. The number of hydrogen-bond donors (Lipinski definition) is 2. The third-order valence-electron chi connectivity index (χ3n) is 8.44. The highest BCUT2D eigenvalue weighted by Gasteiger charge is 2.62. The number of Topliss-reactive ketones (excluding diaryl/α,β-unsaturated/α-hetero) is 1. The average molecular weight is 346 g/mol. The average Bonchev–Trinajstić information content (AvgIpc) is 2.91. The number of allylic oxidation sites excluding steroid dienone is 1. The number of ketones is 2. The molecule has 4 aliphatic rings. The van der Waals surface area contributed by atoms with Crippen molar-refractivity contribution in [2.45, 2.75) is 64.9 Å². The molecule has 1 unspecified atom stereocenters. The standard InChI is InChI=1S/C21H30O4/c1-20-8-7-13(23)9-12(20)3-4-14-15-5-6-16(18(25)11-22)21(15,2)10-17(24)19(14)20/h9,14-17,19,22,24H,3-8,10-11H2,1-2H3/t14-,15-,16+,17?,19+,20-,21-/m0/s1. The van der Waals surface area contributed by atoms with E-state index in [0.29, 0.717) is 24.7 Å². The lowest BCUT2D eigenvalue weighted by Gasteiger charge is -2.59. The molecule has 0 aromatic rings. The van der Waals surface area contributed by atoms with Gasteiger partial charge in [0.25, 0.3) is 0 Å². The van der Waals surface area contributed by atoms with Crippen molar-refractivity contribution in [3.05, 3.63) is 11.6 Å². The number of rotatable bonds is 2. The normalized spacial score (nSPS) is 49.0. The summed E-state index contributed by atoms with van der Waals surface area (Å²) in [6.07, 6.45) is 7.32. The Bertz CT molecular complexity index is 638. The van der Waals surface area contributed by atoms with Gasteiger partial charge in [-0.05, 0) is 73.2 Å². The predicted octanol–water partition coefficient (Wildman–Crippen LogP) is 2.67. The fourth-order valence-corrected chi connectivity index (χ4v) is 7.33. The third-order valence-corrected chi connectivity index (χ3v) is 8.44. The predicted molar refractivity (Wildman–Crippen MR) is 93.7 cm³/mol. The van der Waals surface area contributed by atoms with Gasteiger partial charge in [-0.15, -0.1) is 0 Å². The van der Waals surface area contributed by atoms with Gasteiger partial charge in [-0.3, -0.25) is 9.59 Å². The lowest BCUT2D eigenvalue weighted by molar-refractivity contribution is -0.146. The highest BCUT2D eigenvalue weighted by molar-refractivity contribution is 5.91. The van der Waals surface area contributed by atoms with E-state index in [2.05, 4.69) is 13.8 Å². The smallest absolute Gasteiger partial charge is 0.161 e. The van der Waals surface area contributed by atoms with E-state index in [0.717, 1.165) is 32.1 Å². The molecular weight excluding hydrogens is 316 g/mol. The minimum Gasteiger partial charge on any atom is -0.393 e. The Morgan fingerprint density at radius 2 is 2.00 bits per heavy atom. The van der Waals surface area contributed by atoms with Gasteiger partial charge in [-0.1, -0.05) is 19.4 Å². The van der Waals surface area contributed by atoms with Crippen LogP contribution in [0.4, 0.5) is 0 Å². The third kappa shape index (κ3) is 2.33. The van der Waals surface area contributed by atoms with Crippen molar-refractivity contribution < 1.29 is 19.8 Å². The van der Waals surface area contributed by atoms with Gasteiger partial charge in [-0.25, -0.2) is 0 Å². The van der Waals surface area contributed by atoms with E-state index in [9.17, 15) is 19.8 Å². The first-order valence-electron chi connectivity index (χ1n) is 9.87. The van der Waals surface area contributed by atoms with Crippen LogP contribution in [0.3, 0.4) is 0 Å². The number of aliphatic hydroxyl groups excluding tert-OH is 2. The van der Waals surface area contributed by atoms with Gasteiger partial charge >= 0.3 is 0 Å². The zero-order chi connectivity index (χ0) is 18.0. The van der Waals surface area contributed by atoms with Crippen LogP contribution in [-0.2, 0) is 9.59 Å². The van der Waals surface area contributed by atoms with Gasteiger partial charge in [-0.2, -0.15) is 0 Å². The van der Waals surface area contributed by atoms with Crippen LogP contribution in [0, 0.1) is 34.5 Å². The van der Waals surface area contributed by atoms with E-state index in [4.69, 9.17) is 0 Å². The van der Waals surface area contributed by atoms with Crippen LogP contribution in [0.1, 0.15) is 58.8 Å².